The number of aryl methyl sites for hydroxylation is 1. The summed E-state index contributed by atoms with van der Waals surface area (Å²) >= 11 is 0. The summed E-state index contributed by atoms with van der Waals surface area (Å²) in [7, 11) is 0. The Morgan fingerprint density at radius 2 is 2.09 bits per heavy atom. The predicted molar refractivity (Wildman–Crippen MR) is 121 cm³/mol. The highest BCUT2D eigenvalue weighted by Gasteiger charge is 2.51. The molecule has 0 bridgehead atoms. The molecule has 7 heteroatoms. The first-order chi connectivity index (χ1) is 15.6. The monoisotopic (exact) mass is 432 g/mol. The lowest BCUT2D eigenvalue weighted by Crippen LogP contribution is -2.45. The van der Waals surface area contributed by atoms with Gasteiger partial charge in [0.25, 0.3) is 0 Å². The second-order valence-corrected chi connectivity index (χ2v) is 10.2. The van der Waals surface area contributed by atoms with Crippen LogP contribution < -0.4 is 5.32 Å². The van der Waals surface area contributed by atoms with Crippen molar-refractivity contribution in [3.05, 3.63) is 47.7 Å². The van der Waals surface area contributed by atoms with Gasteiger partial charge in [0.05, 0.1) is 17.6 Å². The Balaban J connectivity index is 1.30. The normalized spacial score (nSPS) is 23.7. The minimum Gasteiger partial charge on any atom is -0.356 e. The van der Waals surface area contributed by atoms with E-state index in [9.17, 15) is 4.79 Å². The van der Waals surface area contributed by atoms with E-state index in [-0.39, 0.29) is 17.7 Å². The van der Waals surface area contributed by atoms with E-state index < -0.39 is 0 Å². The van der Waals surface area contributed by atoms with Gasteiger partial charge in [-0.3, -0.25) is 9.48 Å². The van der Waals surface area contributed by atoms with E-state index in [1.165, 1.54) is 37.8 Å². The van der Waals surface area contributed by atoms with Gasteiger partial charge in [0, 0.05) is 43.2 Å². The Morgan fingerprint density at radius 1 is 1.22 bits per heavy atom. The maximum absolute atomic E-state index is 12.2. The number of aromatic nitrogens is 5. The Hall–Kier alpha value is -2.70. The van der Waals surface area contributed by atoms with E-state index in [0.29, 0.717) is 17.8 Å². The Morgan fingerprint density at radius 3 is 2.84 bits per heavy atom. The van der Waals surface area contributed by atoms with Crippen molar-refractivity contribution in [1.29, 1.82) is 0 Å². The zero-order valence-corrected chi connectivity index (χ0v) is 18.8. The molecule has 1 aliphatic heterocycles. The second-order valence-electron chi connectivity index (χ2n) is 10.2. The zero-order chi connectivity index (χ0) is 21.7. The fraction of sp³-hybridized carbons (Fsp3) is 0.600. The van der Waals surface area contributed by atoms with Gasteiger partial charge in [0.15, 0.2) is 5.65 Å². The summed E-state index contributed by atoms with van der Waals surface area (Å²) in [6.45, 7) is 3.82. The van der Waals surface area contributed by atoms with Gasteiger partial charge < -0.3 is 5.32 Å². The number of fused-ring (bicyclic) bond motifs is 1. The van der Waals surface area contributed by atoms with Crippen LogP contribution in [0.25, 0.3) is 5.65 Å². The van der Waals surface area contributed by atoms with Crippen molar-refractivity contribution < 1.29 is 4.79 Å². The van der Waals surface area contributed by atoms with Gasteiger partial charge in [-0.05, 0) is 75.0 Å². The highest BCUT2D eigenvalue weighted by atomic mass is 16.1. The maximum Gasteiger partial charge on any atom is 0.223 e. The van der Waals surface area contributed by atoms with Crippen molar-refractivity contribution in [2.45, 2.75) is 70.8 Å². The van der Waals surface area contributed by atoms with Gasteiger partial charge in [0.2, 0.25) is 5.91 Å². The number of nitrogens with zero attached hydrogens (tertiary/aromatic N) is 5. The van der Waals surface area contributed by atoms with E-state index in [1.54, 1.807) is 0 Å². The summed E-state index contributed by atoms with van der Waals surface area (Å²) in [5, 5.41) is 12.4. The van der Waals surface area contributed by atoms with Crippen molar-refractivity contribution in [3.8, 4) is 0 Å². The molecule has 3 aromatic heterocycles. The van der Waals surface area contributed by atoms with Crippen LogP contribution in [-0.2, 0) is 17.8 Å². The first kappa shape index (κ1) is 19.9. The molecule has 1 N–H and O–H groups in total. The van der Waals surface area contributed by atoms with Crippen LogP contribution in [-0.4, -0.2) is 36.8 Å². The molecule has 0 aromatic carbocycles. The summed E-state index contributed by atoms with van der Waals surface area (Å²) < 4.78 is 4.05. The molecule has 0 radical (unpaired) electrons. The number of nitrogens with one attached hydrogen (secondary N) is 1. The molecule has 32 heavy (non-hydrogen) atoms. The fourth-order valence-electron chi connectivity index (χ4n) is 6.36. The van der Waals surface area contributed by atoms with Crippen molar-refractivity contribution in [2.75, 3.05) is 6.54 Å². The maximum atomic E-state index is 12.2. The molecule has 2 unspecified atom stereocenters. The van der Waals surface area contributed by atoms with Gasteiger partial charge in [0.1, 0.15) is 0 Å². The molecule has 2 atom stereocenters. The largest absolute Gasteiger partial charge is 0.356 e. The van der Waals surface area contributed by atoms with Gasteiger partial charge in [-0.2, -0.15) is 10.2 Å². The number of imidazole rings is 1. The highest BCUT2D eigenvalue weighted by Crippen LogP contribution is 2.62. The molecule has 3 aromatic rings. The third kappa shape index (κ3) is 3.33. The number of carbonyl (C=O) groups is 1. The third-order valence-electron chi connectivity index (χ3n) is 8.21. The molecule has 2 saturated carbocycles. The molecule has 1 saturated heterocycles. The molecular weight excluding hydrogens is 400 g/mol. The minimum absolute atomic E-state index is 0.0250. The average molecular weight is 433 g/mol. The summed E-state index contributed by atoms with van der Waals surface area (Å²) in [5.74, 6) is 1.06. The van der Waals surface area contributed by atoms with E-state index >= 15 is 0 Å². The van der Waals surface area contributed by atoms with Crippen LogP contribution >= 0.6 is 0 Å². The number of hydrogen-bond donors (Lipinski definition) is 1. The molecule has 2 aliphatic carbocycles. The summed E-state index contributed by atoms with van der Waals surface area (Å²) in [6, 6.07) is 6.26. The number of piperidine rings is 1. The van der Waals surface area contributed by atoms with Crippen molar-refractivity contribution in [3.63, 3.8) is 0 Å². The van der Waals surface area contributed by atoms with Crippen LogP contribution in [0.3, 0.4) is 0 Å². The Bertz CT molecular complexity index is 1130. The van der Waals surface area contributed by atoms with Crippen LogP contribution in [0.4, 0.5) is 0 Å². The lowest BCUT2D eigenvalue weighted by molar-refractivity contribution is -0.126. The molecule has 3 fully saturated rings. The quantitative estimate of drug-likeness (QED) is 0.644. The average Bonchev–Trinajstić information content (AvgIpc) is 3.36. The molecule has 3 aliphatic rings. The summed E-state index contributed by atoms with van der Waals surface area (Å²) in [6.07, 6.45) is 13.5. The minimum atomic E-state index is 0.0250. The van der Waals surface area contributed by atoms with Crippen LogP contribution in [0.2, 0.25) is 0 Å². The molecule has 7 nitrogen and oxygen atoms in total. The van der Waals surface area contributed by atoms with Gasteiger partial charge >= 0.3 is 0 Å². The topological polar surface area (TPSA) is 77.1 Å². The molecule has 4 heterocycles. The van der Waals surface area contributed by atoms with E-state index in [1.807, 2.05) is 16.8 Å². The zero-order valence-electron chi connectivity index (χ0n) is 18.8. The Kier molecular flexibility index (Phi) is 4.81. The van der Waals surface area contributed by atoms with Crippen LogP contribution in [0.1, 0.15) is 74.9 Å². The number of hydrogen-bond acceptors (Lipinski definition) is 4. The lowest BCUT2D eigenvalue weighted by atomic mass is 9.49. The number of carbonyl (C=O) groups excluding carboxylic acids is 1. The van der Waals surface area contributed by atoms with Crippen molar-refractivity contribution in [1.82, 2.24) is 29.7 Å². The van der Waals surface area contributed by atoms with Crippen LogP contribution in [0.15, 0.2) is 30.6 Å². The van der Waals surface area contributed by atoms with E-state index in [2.05, 4.69) is 40.4 Å². The highest BCUT2D eigenvalue weighted by molar-refractivity contribution is 5.79. The molecule has 1 amide bonds. The lowest BCUT2D eigenvalue weighted by Gasteiger charge is -2.56. The molecule has 168 valence electrons. The number of rotatable bonds is 6. The van der Waals surface area contributed by atoms with E-state index in [0.717, 1.165) is 43.0 Å². The van der Waals surface area contributed by atoms with Crippen molar-refractivity contribution in [2.24, 2.45) is 17.3 Å². The molecular formula is C25H32N6O. The summed E-state index contributed by atoms with van der Waals surface area (Å²) in [4.78, 5) is 17.2. The standard InChI is InChI=1S/C25H32N6O/c1-2-30-21(8-12-27-30)23(18-14-25(15-18)9-4-10-25)20-16-31-22(28-20)7-6-19(29-31)13-17-5-3-11-26-24(17)32/h6-8,12,16-18,23H,2-5,9-11,13-15H2,1H3,(H,26,32). The third-order valence-corrected chi connectivity index (χ3v) is 8.21. The van der Waals surface area contributed by atoms with Gasteiger partial charge in [-0.25, -0.2) is 9.50 Å². The molecule has 6 rings (SSSR count). The van der Waals surface area contributed by atoms with Gasteiger partial charge in [-0.1, -0.05) is 6.42 Å². The van der Waals surface area contributed by atoms with Gasteiger partial charge in [-0.15, -0.1) is 0 Å². The molecule has 1 spiro atoms. The first-order valence-electron chi connectivity index (χ1n) is 12.3. The SMILES string of the molecule is CCn1nccc1C(c1cn2nc(CC3CCCNC3=O)ccc2n1)C1CC2(CCC2)C1. The summed E-state index contributed by atoms with van der Waals surface area (Å²) in [5.41, 5.74) is 4.82. The Labute approximate surface area is 188 Å². The second kappa shape index (κ2) is 7.71. The number of amides is 1. The van der Waals surface area contributed by atoms with Crippen LogP contribution in [0.5, 0.6) is 0 Å². The first-order valence-corrected chi connectivity index (χ1v) is 12.3. The fourth-order valence-corrected chi connectivity index (χ4v) is 6.36. The predicted octanol–water partition coefficient (Wildman–Crippen LogP) is 3.73. The van der Waals surface area contributed by atoms with Crippen molar-refractivity contribution >= 4 is 11.6 Å². The van der Waals surface area contributed by atoms with E-state index in [4.69, 9.17) is 10.1 Å². The van der Waals surface area contributed by atoms with Crippen LogP contribution in [0, 0.1) is 17.3 Å². The smallest absolute Gasteiger partial charge is 0.223 e.